The van der Waals surface area contributed by atoms with Gasteiger partial charge < -0.3 is 14.6 Å². The monoisotopic (exact) mass is 279 g/mol. The van der Waals surface area contributed by atoms with Gasteiger partial charge >= 0.3 is 5.97 Å². The third-order valence-electron chi connectivity index (χ3n) is 3.35. The van der Waals surface area contributed by atoms with Crippen molar-refractivity contribution in [1.29, 1.82) is 0 Å². The molecule has 1 heterocycles. The van der Waals surface area contributed by atoms with Gasteiger partial charge in [0.2, 0.25) is 0 Å². The van der Waals surface area contributed by atoms with Gasteiger partial charge in [-0.15, -0.1) is 0 Å². The van der Waals surface area contributed by atoms with Gasteiger partial charge in [-0.1, -0.05) is 12.1 Å². The van der Waals surface area contributed by atoms with Crippen LogP contribution in [0.15, 0.2) is 24.3 Å². The Bertz CT molecular complexity index is 449. The van der Waals surface area contributed by atoms with E-state index in [2.05, 4.69) is 4.90 Å². The molecule has 2 rings (SSSR count). The molecule has 0 amide bonds. The molecule has 1 aromatic carbocycles. The van der Waals surface area contributed by atoms with E-state index in [1.165, 1.54) is 0 Å². The molecule has 1 fully saturated rings. The lowest BCUT2D eigenvalue weighted by atomic mass is 10.1. The molecule has 5 nitrogen and oxygen atoms in total. The lowest BCUT2D eigenvalue weighted by Gasteiger charge is -2.34. The largest absolute Gasteiger partial charge is 0.494 e. The number of nitrogens with zero attached hydrogens (tertiary/aromatic N) is 1. The Morgan fingerprint density at radius 3 is 3.15 bits per heavy atom. The van der Waals surface area contributed by atoms with Crippen molar-refractivity contribution in [2.24, 2.45) is 0 Å². The van der Waals surface area contributed by atoms with Crippen LogP contribution in [-0.4, -0.2) is 48.4 Å². The molecule has 20 heavy (non-hydrogen) atoms. The lowest BCUT2D eigenvalue weighted by molar-refractivity contribution is -0.140. The highest BCUT2D eigenvalue weighted by Crippen LogP contribution is 2.18. The van der Waals surface area contributed by atoms with E-state index < -0.39 is 5.97 Å². The zero-order chi connectivity index (χ0) is 14.4. The molecule has 1 N–H and O–H groups in total. The van der Waals surface area contributed by atoms with Crippen LogP contribution in [0.2, 0.25) is 0 Å². The van der Waals surface area contributed by atoms with Crippen LogP contribution in [0.4, 0.5) is 0 Å². The maximum absolute atomic E-state index is 10.9. The number of ether oxygens (including phenoxy) is 2. The summed E-state index contributed by atoms with van der Waals surface area (Å²) in [6.07, 6.45) is 0.116. The number of aliphatic carboxylic acids is 1. The highest BCUT2D eigenvalue weighted by Gasteiger charge is 2.25. The number of carbonyl (C=O) groups is 1. The molecule has 0 spiro atoms. The van der Waals surface area contributed by atoms with E-state index in [1.54, 1.807) is 0 Å². The van der Waals surface area contributed by atoms with Crippen molar-refractivity contribution >= 4 is 5.97 Å². The predicted molar refractivity (Wildman–Crippen MR) is 74.9 cm³/mol. The minimum absolute atomic E-state index is 0.0583. The molecule has 1 saturated heterocycles. The molecule has 0 bridgehead atoms. The number of hydrogen-bond acceptors (Lipinski definition) is 4. The average Bonchev–Trinajstić information content (AvgIpc) is 2.41. The second-order valence-corrected chi connectivity index (χ2v) is 4.88. The van der Waals surface area contributed by atoms with Crippen LogP contribution in [0.1, 0.15) is 18.9 Å². The van der Waals surface area contributed by atoms with Gasteiger partial charge in [0.15, 0.2) is 0 Å². The van der Waals surface area contributed by atoms with Crippen LogP contribution in [0, 0.1) is 0 Å². The topological polar surface area (TPSA) is 59.0 Å². The van der Waals surface area contributed by atoms with E-state index >= 15 is 0 Å². The van der Waals surface area contributed by atoms with E-state index in [4.69, 9.17) is 14.6 Å². The minimum Gasteiger partial charge on any atom is -0.494 e. The zero-order valence-electron chi connectivity index (χ0n) is 11.7. The third-order valence-corrected chi connectivity index (χ3v) is 3.35. The highest BCUT2D eigenvalue weighted by atomic mass is 16.5. The van der Waals surface area contributed by atoms with Crippen LogP contribution in [-0.2, 0) is 16.1 Å². The van der Waals surface area contributed by atoms with Gasteiger partial charge in [0, 0.05) is 19.1 Å². The van der Waals surface area contributed by atoms with Gasteiger partial charge in [0.1, 0.15) is 5.75 Å². The van der Waals surface area contributed by atoms with Crippen LogP contribution in [0.25, 0.3) is 0 Å². The number of carboxylic acid groups (broad SMARTS) is 1. The smallest absolute Gasteiger partial charge is 0.305 e. The molecule has 0 aromatic heterocycles. The van der Waals surface area contributed by atoms with Crippen LogP contribution < -0.4 is 4.74 Å². The highest BCUT2D eigenvalue weighted by molar-refractivity contribution is 5.67. The Labute approximate surface area is 119 Å². The van der Waals surface area contributed by atoms with Gasteiger partial charge in [-0.3, -0.25) is 9.69 Å². The fraction of sp³-hybridized carbons (Fsp3) is 0.533. The number of benzene rings is 1. The normalized spacial score (nSPS) is 19.8. The van der Waals surface area contributed by atoms with Crippen molar-refractivity contribution in [3.63, 3.8) is 0 Å². The van der Waals surface area contributed by atoms with E-state index in [0.717, 1.165) is 24.4 Å². The predicted octanol–water partition coefficient (Wildman–Crippen LogP) is 1.76. The molecule has 5 heteroatoms. The van der Waals surface area contributed by atoms with Crippen LogP contribution in [0.3, 0.4) is 0 Å². The summed E-state index contributed by atoms with van der Waals surface area (Å²) in [4.78, 5) is 13.1. The number of morpholine rings is 1. The molecule has 0 radical (unpaired) electrons. The molecular formula is C15H21NO4. The zero-order valence-corrected chi connectivity index (χ0v) is 11.7. The lowest BCUT2D eigenvalue weighted by Crippen LogP contribution is -2.45. The second-order valence-electron chi connectivity index (χ2n) is 4.88. The summed E-state index contributed by atoms with van der Waals surface area (Å²) in [6, 6.07) is 7.89. The first-order valence-corrected chi connectivity index (χ1v) is 6.94. The number of rotatable bonds is 6. The maximum atomic E-state index is 10.9. The molecule has 1 unspecified atom stereocenters. The summed E-state index contributed by atoms with van der Waals surface area (Å²) in [5.74, 6) is 0.0709. The van der Waals surface area contributed by atoms with E-state index in [9.17, 15) is 4.79 Å². The molecule has 0 aliphatic carbocycles. The summed E-state index contributed by atoms with van der Waals surface area (Å²) in [5.41, 5.74) is 1.13. The van der Waals surface area contributed by atoms with Crippen molar-refractivity contribution in [3.05, 3.63) is 29.8 Å². The number of carboxylic acids is 1. The van der Waals surface area contributed by atoms with Gasteiger partial charge in [-0.25, -0.2) is 0 Å². The maximum Gasteiger partial charge on any atom is 0.305 e. The van der Waals surface area contributed by atoms with Gasteiger partial charge in [-0.2, -0.15) is 0 Å². The van der Waals surface area contributed by atoms with E-state index in [-0.39, 0.29) is 12.5 Å². The van der Waals surface area contributed by atoms with E-state index in [1.807, 2.05) is 31.2 Å². The van der Waals surface area contributed by atoms with Gasteiger partial charge in [0.25, 0.3) is 0 Å². The third kappa shape index (κ3) is 4.21. The first-order valence-electron chi connectivity index (χ1n) is 6.94. The molecule has 1 aliphatic heterocycles. The fourth-order valence-electron chi connectivity index (χ4n) is 2.42. The Morgan fingerprint density at radius 2 is 2.40 bits per heavy atom. The van der Waals surface area contributed by atoms with Crippen molar-refractivity contribution in [3.8, 4) is 5.75 Å². The molecule has 1 aromatic rings. The first-order chi connectivity index (χ1) is 9.69. The summed E-state index contributed by atoms with van der Waals surface area (Å²) in [6.45, 7) is 5.22. The van der Waals surface area contributed by atoms with Crippen molar-refractivity contribution in [2.75, 3.05) is 26.4 Å². The molecule has 110 valence electrons. The van der Waals surface area contributed by atoms with Gasteiger partial charge in [0.05, 0.1) is 26.2 Å². The average molecular weight is 279 g/mol. The van der Waals surface area contributed by atoms with Crippen molar-refractivity contribution in [1.82, 2.24) is 4.90 Å². The Kier molecular flexibility index (Phi) is 5.38. The van der Waals surface area contributed by atoms with Crippen molar-refractivity contribution in [2.45, 2.75) is 25.9 Å². The SMILES string of the molecule is CCOc1cccc(CN2CCOCC2CC(=O)O)c1. The second kappa shape index (κ2) is 7.26. The molecular weight excluding hydrogens is 258 g/mol. The standard InChI is InChI=1S/C15H21NO4/c1-2-20-14-5-3-4-12(8-14)10-16-6-7-19-11-13(16)9-15(17)18/h3-5,8,13H,2,6-7,9-11H2,1H3,(H,17,18). The van der Waals surface area contributed by atoms with Crippen LogP contribution in [0.5, 0.6) is 5.75 Å². The fourth-order valence-corrected chi connectivity index (χ4v) is 2.42. The minimum atomic E-state index is -0.784. The Morgan fingerprint density at radius 1 is 1.55 bits per heavy atom. The first kappa shape index (κ1) is 14.8. The number of hydrogen-bond donors (Lipinski definition) is 1. The Hall–Kier alpha value is -1.59. The summed E-state index contributed by atoms with van der Waals surface area (Å²) >= 11 is 0. The quantitative estimate of drug-likeness (QED) is 0.860. The Balaban J connectivity index is 2.02. The van der Waals surface area contributed by atoms with Crippen LogP contribution >= 0.6 is 0 Å². The summed E-state index contributed by atoms with van der Waals surface area (Å²) in [5, 5.41) is 8.96. The molecule has 0 saturated carbocycles. The van der Waals surface area contributed by atoms with E-state index in [0.29, 0.717) is 19.8 Å². The summed E-state index contributed by atoms with van der Waals surface area (Å²) in [7, 11) is 0. The summed E-state index contributed by atoms with van der Waals surface area (Å²) < 4.78 is 10.9. The molecule has 1 atom stereocenters. The van der Waals surface area contributed by atoms with Crippen molar-refractivity contribution < 1.29 is 19.4 Å². The molecule has 1 aliphatic rings. The van der Waals surface area contributed by atoms with Gasteiger partial charge in [-0.05, 0) is 24.6 Å².